The highest BCUT2D eigenvalue weighted by Crippen LogP contribution is 2.30. The van der Waals surface area contributed by atoms with Gasteiger partial charge in [-0.05, 0) is 19.4 Å². The second-order valence-corrected chi connectivity index (χ2v) is 4.03. The summed E-state index contributed by atoms with van der Waals surface area (Å²) in [5, 5.41) is 3.17. The summed E-state index contributed by atoms with van der Waals surface area (Å²) in [6.07, 6.45) is 1.67. The standard InChI is InChI=1S/C10H16N2O2/c1-2-5-12-9(13)7-3-4-11-6-8(7)10(12)14/h7-8,11H,2-6H2,1H3/t7-,8-/m1/s1. The lowest BCUT2D eigenvalue weighted by Gasteiger charge is -2.21. The molecule has 2 aliphatic rings. The molecule has 0 spiro atoms. The lowest BCUT2D eigenvalue weighted by Crippen LogP contribution is -2.38. The minimum atomic E-state index is -0.0807. The van der Waals surface area contributed by atoms with Crippen LogP contribution >= 0.6 is 0 Å². The van der Waals surface area contributed by atoms with E-state index in [0.29, 0.717) is 13.1 Å². The van der Waals surface area contributed by atoms with Crippen molar-refractivity contribution in [3.63, 3.8) is 0 Å². The summed E-state index contributed by atoms with van der Waals surface area (Å²) in [5.41, 5.74) is 0. The van der Waals surface area contributed by atoms with Crippen LogP contribution in [-0.4, -0.2) is 36.3 Å². The molecular formula is C10H16N2O2. The van der Waals surface area contributed by atoms with Gasteiger partial charge >= 0.3 is 0 Å². The molecule has 0 aliphatic carbocycles. The van der Waals surface area contributed by atoms with Crippen molar-refractivity contribution in [2.45, 2.75) is 19.8 Å². The molecule has 2 aliphatic heterocycles. The molecule has 2 amide bonds. The summed E-state index contributed by atoms with van der Waals surface area (Å²) in [4.78, 5) is 25.1. The van der Waals surface area contributed by atoms with E-state index < -0.39 is 0 Å². The van der Waals surface area contributed by atoms with Crippen LogP contribution in [0.1, 0.15) is 19.8 Å². The Morgan fingerprint density at radius 1 is 1.36 bits per heavy atom. The van der Waals surface area contributed by atoms with Crippen molar-refractivity contribution in [2.24, 2.45) is 11.8 Å². The molecule has 2 saturated heterocycles. The second kappa shape index (κ2) is 3.69. The normalized spacial score (nSPS) is 32.2. The fourth-order valence-corrected chi connectivity index (χ4v) is 2.37. The van der Waals surface area contributed by atoms with Crippen LogP contribution in [0.25, 0.3) is 0 Å². The predicted octanol–water partition coefficient (Wildman–Crippen LogP) is -0.00910. The first-order chi connectivity index (χ1) is 6.75. The van der Waals surface area contributed by atoms with Gasteiger partial charge in [0.2, 0.25) is 11.8 Å². The van der Waals surface area contributed by atoms with E-state index in [1.165, 1.54) is 4.90 Å². The van der Waals surface area contributed by atoms with Gasteiger partial charge in [-0.15, -0.1) is 0 Å². The number of rotatable bonds is 2. The van der Waals surface area contributed by atoms with Gasteiger partial charge in [-0.2, -0.15) is 0 Å². The number of hydrogen-bond acceptors (Lipinski definition) is 3. The molecule has 0 aromatic heterocycles. The number of nitrogens with zero attached hydrogens (tertiary/aromatic N) is 1. The van der Waals surface area contributed by atoms with E-state index in [4.69, 9.17) is 0 Å². The van der Waals surface area contributed by atoms with E-state index in [9.17, 15) is 9.59 Å². The number of amides is 2. The van der Waals surface area contributed by atoms with E-state index in [1.54, 1.807) is 0 Å². The Kier molecular flexibility index (Phi) is 2.54. The van der Waals surface area contributed by atoms with Crippen molar-refractivity contribution in [3.05, 3.63) is 0 Å². The van der Waals surface area contributed by atoms with Crippen molar-refractivity contribution < 1.29 is 9.59 Å². The van der Waals surface area contributed by atoms with Crippen LogP contribution in [0, 0.1) is 11.8 Å². The highest BCUT2D eigenvalue weighted by atomic mass is 16.2. The van der Waals surface area contributed by atoms with Gasteiger partial charge in [-0.25, -0.2) is 0 Å². The summed E-state index contributed by atoms with van der Waals surface area (Å²) in [6.45, 7) is 4.11. The van der Waals surface area contributed by atoms with Crippen LogP contribution in [0.4, 0.5) is 0 Å². The highest BCUT2D eigenvalue weighted by Gasteiger charge is 2.47. The molecule has 0 saturated carbocycles. The number of carbonyl (C=O) groups is 2. The monoisotopic (exact) mass is 196 g/mol. The molecule has 2 rings (SSSR count). The first-order valence-electron chi connectivity index (χ1n) is 5.31. The van der Waals surface area contributed by atoms with Crippen molar-refractivity contribution in [1.82, 2.24) is 10.2 Å². The topological polar surface area (TPSA) is 49.4 Å². The fraction of sp³-hybridized carbons (Fsp3) is 0.800. The zero-order valence-electron chi connectivity index (χ0n) is 8.45. The maximum atomic E-state index is 11.8. The van der Waals surface area contributed by atoms with E-state index in [-0.39, 0.29) is 23.7 Å². The molecule has 0 unspecified atom stereocenters. The lowest BCUT2D eigenvalue weighted by molar-refractivity contribution is -0.139. The Hall–Kier alpha value is -0.900. The fourth-order valence-electron chi connectivity index (χ4n) is 2.37. The van der Waals surface area contributed by atoms with Crippen LogP contribution in [0.2, 0.25) is 0 Å². The van der Waals surface area contributed by atoms with E-state index in [1.807, 2.05) is 6.92 Å². The molecule has 0 radical (unpaired) electrons. The van der Waals surface area contributed by atoms with Gasteiger partial charge in [-0.1, -0.05) is 6.92 Å². The maximum absolute atomic E-state index is 11.8. The van der Waals surface area contributed by atoms with E-state index >= 15 is 0 Å². The molecule has 0 aromatic carbocycles. The highest BCUT2D eigenvalue weighted by molar-refractivity contribution is 6.05. The van der Waals surface area contributed by atoms with Gasteiger partial charge in [0.05, 0.1) is 11.8 Å². The number of hydrogen-bond donors (Lipinski definition) is 1. The van der Waals surface area contributed by atoms with Gasteiger partial charge < -0.3 is 5.32 Å². The first-order valence-corrected chi connectivity index (χ1v) is 5.31. The molecule has 2 heterocycles. The number of piperidine rings is 1. The lowest BCUT2D eigenvalue weighted by atomic mass is 9.89. The number of carbonyl (C=O) groups excluding carboxylic acids is 2. The van der Waals surface area contributed by atoms with Crippen molar-refractivity contribution in [3.8, 4) is 0 Å². The quantitative estimate of drug-likeness (QED) is 0.632. The van der Waals surface area contributed by atoms with Crippen LogP contribution in [0.3, 0.4) is 0 Å². The van der Waals surface area contributed by atoms with Gasteiger partial charge in [0.1, 0.15) is 0 Å². The summed E-state index contributed by atoms with van der Waals surface area (Å²) in [7, 11) is 0. The maximum Gasteiger partial charge on any atom is 0.234 e. The second-order valence-electron chi connectivity index (χ2n) is 4.03. The first kappa shape index (κ1) is 9.65. The van der Waals surface area contributed by atoms with Gasteiger partial charge in [0, 0.05) is 13.1 Å². The molecule has 1 N–H and O–H groups in total. The Morgan fingerprint density at radius 2 is 2.07 bits per heavy atom. The molecule has 2 atom stereocenters. The van der Waals surface area contributed by atoms with Gasteiger partial charge in [0.15, 0.2) is 0 Å². The van der Waals surface area contributed by atoms with Crippen LogP contribution in [0.5, 0.6) is 0 Å². The van der Waals surface area contributed by atoms with Crippen LogP contribution < -0.4 is 5.32 Å². The molecule has 4 nitrogen and oxygen atoms in total. The largest absolute Gasteiger partial charge is 0.316 e. The summed E-state index contributed by atoms with van der Waals surface area (Å²) < 4.78 is 0. The zero-order chi connectivity index (χ0) is 10.1. The van der Waals surface area contributed by atoms with Crippen LogP contribution in [-0.2, 0) is 9.59 Å². The molecule has 0 aromatic rings. The smallest absolute Gasteiger partial charge is 0.234 e. The predicted molar refractivity (Wildman–Crippen MR) is 51.5 cm³/mol. The zero-order valence-corrected chi connectivity index (χ0v) is 8.45. The Bertz CT molecular complexity index is 241. The molecule has 4 heteroatoms. The minimum Gasteiger partial charge on any atom is -0.316 e. The Labute approximate surface area is 83.6 Å². The third-order valence-electron chi connectivity index (χ3n) is 3.10. The number of imide groups is 1. The third kappa shape index (κ3) is 1.34. The molecular weight excluding hydrogens is 180 g/mol. The minimum absolute atomic E-state index is 0.0321. The molecule has 14 heavy (non-hydrogen) atoms. The van der Waals surface area contributed by atoms with Gasteiger partial charge in [0.25, 0.3) is 0 Å². The Balaban J connectivity index is 2.15. The third-order valence-corrected chi connectivity index (χ3v) is 3.10. The summed E-state index contributed by atoms with van der Waals surface area (Å²) in [6, 6.07) is 0. The summed E-state index contributed by atoms with van der Waals surface area (Å²) in [5.74, 6) is -0.0181. The Morgan fingerprint density at radius 3 is 2.71 bits per heavy atom. The molecule has 78 valence electrons. The number of fused-ring (bicyclic) bond motifs is 1. The molecule has 0 bridgehead atoms. The molecule has 2 fully saturated rings. The van der Waals surface area contributed by atoms with E-state index in [0.717, 1.165) is 19.4 Å². The number of nitrogens with one attached hydrogen (secondary N) is 1. The number of likely N-dealkylation sites (tertiary alicyclic amines) is 1. The van der Waals surface area contributed by atoms with Crippen LogP contribution in [0.15, 0.2) is 0 Å². The van der Waals surface area contributed by atoms with E-state index in [2.05, 4.69) is 5.32 Å². The van der Waals surface area contributed by atoms with Crippen molar-refractivity contribution in [2.75, 3.05) is 19.6 Å². The average molecular weight is 196 g/mol. The SMILES string of the molecule is CCCN1C(=O)[C@@H]2CCNC[C@H]2C1=O. The van der Waals surface area contributed by atoms with Crippen molar-refractivity contribution >= 4 is 11.8 Å². The average Bonchev–Trinajstić information content (AvgIpc) is 2.45. The summed E-state index contributed by atoms with van der Waals surface area (Å²) >= 11 is 0. The van der Waals surface area contributed by atoms with Gasteiger partial charge in [-0.3, -0.25) is 14.5 Å². The van der Waals surface area contributed by atoms with Crippen molar-refractivity contribution in [1.29, 1.82) is 0 Å².